The zero-order chi connectivity index (χ0) is 24.1. The average Bonchev–Trinajstić information content (AvgIpc) is 3.14. The molecule has 2 aromatic carbocycles. The van der Waals surface area contributed by atoms with Gasteiger partial charge in [-0.25, -0.2) is 0 Å². The fourth-order valence-electron chi connectivity index (χ4n) is 5.65. The summed E-state index contributed by atoms with van der Waals surface area (Å²) in [6.45, 7) is 8.01. The van der Waals surface area contributed by atoms with Gasteiger partial charge >= 0.3 is 0 Å². The Labute approximate surface area is 209 Å². The lowest BCUT2D eigenvalue weighted by Gasteiger charge is -2.41. The van der Waals surface area contributed by atoms with Crippen molar-refractivity contribution in [2.45, 2.75) is 32.6 Å². The number of amides is 1. The highest BCUT2D eigenvalue weighted by atomic mass is 16.5. The topological polar surface area (TPSA) is 45.7 Å². The molecule has 2 aliphatic rings. The highest BCUT2D eigenvalue weighted by molar-refractivity contribution is 5.85. The van der Waals surface area contributed by atoms with Crippen molar-refractivity contribution in [3.8, 4) is 0 Å². The number of carbonyl (C=O) groups excluding carboxylic acids is 1. The third-order valence-corrected chi connectivity index (χ3v) is 7.94. The molecule has 1 aromatic heterocycles. The van der Waals surface area contributed by atoms with Crippen molar-refractivity contribution in [1.29, 1.82) is 0 Å². The van der Waals surface area contributed by atoms with Crippen molar-refractivity contribution in [2.24, 2.45) is 11.3 Å². The van der Waals surface area contributed by atoms with Crippen LogP contribution in [0.1, 0.15) is 30.9 Å². The van der Waals surface area contributed by atoms with Crippen LogP contribution in [0.5, 0.6) is 0 Å². The number of rotatable bonds is 6. The Hall–Kier alpha value is -2.76. The first-order chi connectivity index (χ1) is 17.1. The first-order valence-corrected chi connectivity index (χ1v) is 13.1. The van der Waals surface area contributed by atoms with Gasteiger partial charge in [0.15, 0.2) is 0 Å². The van der Waals surface area contributed by atoms with E-state index >= 15 is 0 Å². The van der Waals surface area contributed by atoms with Gasteiger partial charge in [0.1, 0.15) is 0 Å². The molecule has 5 nitrogen and oxygen atoms in total. The molecule has 0 radical (unpaired) electrons. The first-order valence-electron chi connectivity index (χ1n) is 13.1. The summed E-state index contributed by atoms with van der Waals surface area (Å²) >= 11 is 0. The van der Waals surface area contributed by atoms with Crippen LogP contribution in [0.25, 0.3) is 10.8 Å². The van der Waals surface area contributed by atoms with E-state index in [2.05, 4.69) is 76.3 Å². The fourth-order valence-corrected chi connectivity index (χ4v) is 5.65. The minimum atomic E-state index is -0.276. The second-order valence-corrected chi connectivity index (χ2v) is 10.5. The summed E-state index contributed by atoms with van der Waals surface area (Å²) in [5.41, 5.74) is 2.40. The summed E-state index contributed by atoms with van der Waals surface area (Å²) in [7, 11) is 0. The fraction of sp³-hybridized carbons (Fsp3) is 0.467. The van der Waals surface area contributed by atoms with Gasteiger partial charge in [0.2, 0.25) is 5.91 Å². The quantitative estimate of drug-likeness (QED) is 0.527. The molecule has 1 unspecified atom stereocenters. The standard InChI is InChI=1S/C30H37N3O2/c1-30(12-16-32(17-13-30)15-11-24-6-3-2-4-7-24)29(34)33-18-19-35-23-25(22-33)20-27-9-5-8-26-10-14-31-21-28(26)27/h2-10,14,21,25H,11-13,15-20,22-23H2,1H3. The molecule has 5 rings (SSSR count). The van der Waals surface area contributed by atoms with Crippen LogP contribution in [-0.2, 0) is 22.4 Å². The lowest BCUT2D eigenvalue weighted by atomic mass is 9.78. The molecule has 3 heterocycles. The van der Waals surface area contributed by atoms with Crippen molar-refractivity contribution >= 4 is 16.7 Å². The molecule has 2 saturated heterocycles. The van der Waals surface area contributed by atoms with Crippen molar-refractivity contribution in [2.75, 3.05) is 45.9 Å². The Morgan fingerprint density at radius 1 is 1.06 bits per heavy atom. The number of piperidine rings is 1. The number of pyridine rings is 1. The zero-order valence-electron chi connectivity index (χ0n) is 20.9. The van der Waals surface area contributed by atoms with Crippen LogP contribution in [-0.4, -0.2) is 66.6 Å². The highest BCUT2D eigenvalue weighted by Gasteiger charge is 2.40. The number of carbonyl (C=O) groups is 1. The summed E-state index contributed by atoms with van der Waals surface area (Å²) in [4.78, 5) is 22.7. The molecular formula is C30H37N3O2. The Morgan fingerprint density at radius 2 is 1.89 bits per heavy atom. The molecular weight excluding hydrogens is 434 g/mol. The predicted molar refractivity (Wildman–Crippen MR) is 140 cm³/mol. The minimum Gasteiger partial charge on any atom is -0.379 e. The van der Waals surface area contributed by atoms with Crippen LogP contribution in [0.2, 0.25) is 0 Å². The van der Waals surface area contributed by atoms with Gasteiger partial charge in [-0.3, -0.25) is 9.78 Å². The summed E-state index contributed by atoms with van der Waals surface area (Å²) in [5.74, 6) is 0.608. The number of likely N-dealkylation sites (tertiary alicyclic amines) is 1. The highest BCUT2D eigenvalue weighted by Crippen LogP contribution is 2.34. The maximum atomic E-state index is 13.8. The van der Waals surface area contributed by atoms with Crippen molar-refractivity contribution < 1.29 is 9.53 Å². The van der Waals surface area contributed by atoms with E-state index in [1.807, 2.05) is 12.4 Å². The molecule has 0 saturated carbocycles. The third kappa shape index (κ3) is 5.74. The lowest BCUT2D eigenvalue weighted by Crippen LogP contribution is -2.50. The summed E-state index contributed by atoms with van der Waals surface area (Å²) in [6.07, 6.45) is 7.62. The maximum Gasteiger partial charge on any atom is 0.228 e. The Morgan fingerprint density at radius 3 is 2.71 bits per heavy atom. The normalized spacial score (nSPS) is 21.1. The number of nitrogens with zero attached hydrogens (tertiary/aromatic N) is 3. The van der Waals surface area contributed by atoms with Gasteiger partial charge < -0.3 is 14.5 Å². The lowest BCUT2D eigenvalue weighted by molar-refractivity contribution is -0.144. The summed E-state index contributed by atoms with van der Waals surface area (Å²) in [5, 5.41) is 2.42. The maximum absolute atomic E-state index is 13.8. The van der Waals surface area contributed by atoms with E-state index in [0.717, 1.165) is 51.9 Å². The van der Waals surface area contributed by atoms with Crippen molar-refractivity contribution in [3.05, 3.63) is 78.1 Å². The van der Waals surface area contributed by atoms with Crippen LogP contribution in [0.4, 0.5) is 0 Å². The van der Waals surface area contributed by atoms with Gasteiger partial charge in [-0.15, -0.1) is 0 Å². The minimum absolute atomic E-state index is 0.276. The molecule has 3 aromatic rings. The Balaban J connectivity index is 1.19. The van der Waals surface area contributed by atoms with Crippen LogP contribution in [0.3, 0.4) is 0 Å². The van der Waals surface area contributed by atoms with E-state index in [1.165, 1.54) is 21.9 Å². The van der Waals surface area contributed by atoms with E-state index < -0.39 is 0 Å². The van der Waals surface area contributed by atoms with Gasteiger partial charge in [0.25, 0.3) is 0 Å². The second-order valence-electron chi connectivity index (χ2n) is 10.5. The van der Waals surface area contributed by atoms with Crippen LogP contribution < -0.4 is 0 Å². The number of ether oxygens (including phenoxy) is 1. The molecule has 0 N–H and O–H groups in total. The second kappa shape index (κ2) is 10.9. The van der Waals surface area contributed by atoms with Crippen LogP contribution in [0.15, 0.2) is 67.0 Å². The summed E-state index contributed by atoms with van der Waals surface area (Å²) in [6, 6.07) is 19.2. The molecule has 0 aliphatic carbocycles. The molecule has 5 heteroatoms. The zero-order valence-corrected chi connectivity index (χ0v) is 20.9. The Bertz CT molecular complexity index is 1120. The van der Waals surface area contributed by atoms with E-state index in [4.69, 9.17) is 4.74 Å². The molecule has 35 heavy (non-hydrogen) atoms. The number of fused-ring (bicyclic) bond motifs is 1. The molecule has 1 amide bonds. The van der Waals surface area contributed by atoms with E-state index in [1.54, 1.807) is 0 Å². The van der Waals surface area contributed by atoms with Gasteiger partial charge in [-0.1, -0.05) is 55.5 Å². The summed E-state index contributed by atoms with van der Waals surface area (Å²) < 4.78 is 5.97. The smallest absolute Gasteiger partial charge is 0.228 e. The first kappa shape index (κ1) is 24.0. The molecule has 2 fully saturated rings. The average molecular weight is 472 g/mol. The Kier molecular flexibility index (Phi) is 7.45. The van der Waals surface area contributed by atoms with Gasteiger partial charge in [-0.05, 0) is 61.4 Å². The molecule has 0 bridgehead atoms. The molecule has 0 spiro atoms. The van der Waals surface area contributed by atoms with Gasteiger partial charge in [0.05, 0.1) is 13.2 Å². The van der Waals surface area contributed by atoms with Crippen molar-refractivity contribution in [1.82, 2.24) is 14.8 Å². The van der Waals surface area contributed by atoms with Crippen LogP contribution in [0, 0.1) is 11.3 Å². The molecule has 2 aliphatic heterocycles. The van der Waals surface area contributed by atoms with E-state index in [9.17, 15) is 4.79 Å². The largest absolute Gasteiger partial charge is 0.379 e. The monoisotopic (exact) mass is 471 g/mol. The van der Waals surface area contributed by atoms with Gasteiger partial charge in [0, 0.05) is 48.7 Å². The number of hydrogen-bond acceptors (Lipinski definition) is 4. The van der Waals surface area contributed by atoms with Gasteiger partial charge in [-0.2, -0.15) is 0 Å². The third-order valence-electron chi connectivity index (χ3n) is 7.94. The predicted octanol–water partition coefficient (Wildman–Crippen LogP) is 4.60. The van der Waals surface area contributed by atoms with E-state index in [-0.39, 0.29) is 5.41 Å². The number of benzene rings is 2. The molecule has 1 atom stereocenters. The SMILES string of the molecule is CC1(C(=O)N2CCOCC(Cc3cccc4ccncc34)C2)CCN(CCc2ccccc2)CC1. The van der Waals surface area contributed by atoms with E-state index in [0.29, 0.717) is 31.6 Å². The number of aromatic nitrogens is 1. The molecule has 184 valence electrons. The number of hydrogen-bond donors (Lipinski definition) is 0. The van der Waals surface area contributed by atoms with Crippen LogP contribution >= 0.6 is 0 Å². The van der Waals surface area contributed by atoms with Crippen molar-refractivity contribution in [3.63, 3.8) is 0 Å².